The SMILES string of the molecule is CC(C)N(Cc1ccccc1)C(=O)c1cccc(F)n1. The summed E-state index contributed by atoms with van der Waals surface area (Å²) in [5, 5.41) is 0. The zero-order valence-corrected chi connectivity index (χ0v) is 11.6. The van der Waals surface area contributed by atoms with Crippen LogP contribution in [0.4, 0.5) is 4.39 Å². The Morgan fingerprint density at radius 2 is 1.85 bits per heavy atom. The van der Waals surface area contributed by atoms with E-state index in [2.05, 4.69) is 4.98 Å². The molecule has 0 bridgehead atoms. The number of benzene rings is 1. The zero-order valence-electron chi connectivity index (χ0n) is 11.6. The fourth-order valence-electron chi connectivity index (χ4n) is 1.94. The van der Waals surface area contributed by atoms with Crippen LogP contribution in [0.3, 0.4) is 0 Å². The lowest BCUT2D eigenvalue weighted by Gasteiger charge is -2.26. The van der Waals surface area contributed by atoms with Gasteiger partial charge in [-0.05, 0) is 31.5 Å². The molecule has 0 spiro atoms. The van der Waals surface area contributed by atoms with E-state index in [1.807, 2.05) is 44.2 Å². The van der Waals surface area contributed by atoms with Gasteiger partial charge in [0.25, 0.3) is 5.91 Å². The Hall–Kier alpha value is -2.23. The first-order valence-electron chi connectivity index (χ1n) is 6.55. The number of hydrogen-bond donors (Lipinski definition) is 0. The normalized spacial score (nSPS) is 10.6. The van der Waals surface area contributed by atoms with Gasteiger partial charge in [-0.2, -0.15) is 4.39 Å². The summed E-state index contributed by atoms with van der Waals surface area (Å²) in [6.07, 6.45) is 0. The molecule has 0 N–H and O–H groups in total. The van der Waals surface area contributed by atoms with Gasteiger partial charge in [-0.15, -0.1) is 0 Å². The third-order valence-corrected chi connectivity index (χ3v) is 3.01. The number of aromatic nitrogens is 1. The Morgan fingerprint density at radius 1 is 1.15 bits per heavy atom. The van der Waals surface area contributed by atoms with E-state index in [9.17, 15) is 9.18 Å². The fraction of sp³-hybridized carbons (Fsp3) is 0.250. The Morgan fingerprint density at radius 3 is 2.45 bits per heavy atom. The van der Waals surface area contributed by atoms with E-state index < -0.39 is 5.95 Å². The van der Waals surface area contributed by atoms with E-state index >= 15 is 0 Å². The van der Waals surface area contributed by atoms with Gasteiger partial charge in [-0.25, -0.2) is 4.98 Å². The molecular weight excluding hydrogens is 255 g/mol. The molecule has 104 valence electrons. The monoisotopic (exact) mass is 272 g/mol. The second-order valence-electron chi connectivity index (χ2n) is 4.86. The van der Waals surface area contributed by atoms with Crippen molar-refractivity contribution in [2.24, 2.45) is 0 Å². The Bertz CT molecular complexity index is 584. The molecule has 0 fully saturated rings. The molecule has 0 saturated heterocycles. The highest BCUT2D eigenvalue weighted by Crippen LogP contribution is 2.12. The van der Waals surface area contributed by atoms with Gasteiger partial charge in [-0.1, -0.05) is 36.4 Å². The van der Waals surface area contributed by atoms with Crippen molar-refractivity contribution < 1.29 is 9.18 Å². The molecule has 2 rings (SSSR count). The van der Waals surface area contributed by atoms with Crippen molar-refractivity contribution in [1.29, 1.82) is 0 Å². The molecule has 4 heteroatoms. The number of nitrogens with zero attached hydrogens (tertiary/aromatic N) is 2. The van der Waals surface area contributed by atoms with Gasteiger partial charge in [0, 0.05) is 12.6 Å². The lowest BCUT2D eigenvalue weighted by Crippen LogP contribution is -2.36. The molecule has 0 unspecified atom stereocenters. The smallest absolute Gasteiger partial charge is 0.273 e. The number of halogens is 1. The van der Waals surface area contributed by atoms with Crippen molar-refractivity contribution in [1.82, 2.24) is 9.88 Å². The highest BCUT2D eigenvalue weighted by Gasteiger charge is 2.20. The second kappa shape index (κ2) is 6.28. The number of pyridine rings is 1. The average molecular weight is 272 g/mol. The van der Waals surface area contributed by atoms with Crippen LogP contribution in [0.25, 0.3) is 0 Å². The van der Waals surface area contributed by atoms with E-state index in [1.54, 1.807) is 4.90 Å². The van der Waals surface area contributed by atoms with E-state index in [4.69, 9.17) is 0 Å². The minimum atomic E-state index is -0.640. The van der Waals surface area contributed by atoms with Gasteiger partial charge >= 0.3 is 0 Å². The van der Waals surface area contributed by atoms with Crippen LogP contribution in [0.5, 0.6) is 0 Å². The molecule has 0 saturated carbocycles. The third kappa shape index (κ3) is 3.41. The number of carbonyl (C=O) groups excluding carboxylic acids is 1. The summed E-state index contributed by atoms with van der Waals surface area (Å²) in [4.78, 5) is 17.8. The standard InChI is InChI=1S/C16H17FN2O/c1-12(2)19(11-13-7-4-3-5-8-13)16(20)14-9-6-10-15(17)18-14/h3-10,12H,11H2,1-2H3. The molecule has 1 aromatic heterocycles. The minimum Gasteiger partial charge on any atom is -0.331 e. The van der Waals surface area contributed by atoms with E-state index in [0.29, 0.717) is 6.54 Å². The van der Waals surface area contributed by atoms with Gasteiger partial charge in [0.2, 0.25) is 5.95 Å². The van der Waals surface area contributed by atoms with Crippen molar-refractivity contribution in [3.8, 4) is 0 Å². The average Bonchev–Trinajstić information content (AvgIpc) is 2.45. The highest BCUT2D eigenvalue weighted by molar-refractivity contribution is 5.92. The zero-order chi connectivity index (χ0) is 14.5. The van der Waals surface area contributed by atoms with Gasteiger partial charge in [-0.3, -0.25) is 4.79 Å². The van der Waals surface area contributed by atoms with E-state index in [0.717, 1.165) is 5.56 Å². The molecule has 0 aliphatic heterocycles. The first-order chi connectivity index (χ1) is 9.58. The van der Waals surface area contributed by atoms with Crippen LogP contribution >= 0.6 is 0 Å². The first kappa shape index (κ1) is 14.2. The van der Waals surface area contributed by atoms with E-state index in [1.165, 1.54) is 18.2 Å². The molecule has 1 heterocycles. The maximum absolute atomic E-state index is 13.1. The molecule has 1 aromatic carbocycles. The maximum Gasteiger partial charge on any atom is 0.273 e. The summed E-state index contributed by atoms with van der Waals surface area (Å²) in [5.74, 6) is -0.900. The maximum atomic E-state index is 13.1. The van der Waals surface area contributed by atoms with Gasteiger partial charge < -0.3 is 4.90 Å². The Balaban J connectivity index is 2.23. The second-order valence-corrected chi connectivity index (χ2v) is 4.86. The Kier molecular flexibility index (Phi) is 4.45. The third-order valence-electron chi connectivity index (χ3n) is 3.01. The molecular formula is C16H17FN2O. The van der Waals surface area contributed by atoms with Crippen molar-refractivity contribution in [2.75, 3.05) is 0 Å². The molecule has 1 amide bonds. The van der Waals surface area contributed by atoms with Crippen molar-refractivity contribution in [3.63, 3.8) is 0 Å². The summed E-state index contributed by atoms with van der Waals surface area (Å²) in [6.45, 7) is 4.34. The lowest BCUT2D eigenvalue weighted by molar-refractivity contribution is 0.0683. The summed E-state index contributed by atoms with van der Waals surface area (Å²) in [7, 11) is 0. The van der Waals surface area contributed by atoms with Crippen LogP contribution in [-0.4, -0.2) is 21.8 Å². The summed E-state index contributed by atoms with van der Waals surface area (Å²) >= 11 is 0. The summed E-state index contributed by atoms with van der Waals surface area (Å²) < 4.78 is 13.1. The molecule has 0 radical (unpaired) electrons. The molecule has 0 aliphatic rings. The van der Waals surface area contributed by atoms with Crippen LogP contribution in [0.1, 0.15) is 29.9 Å². The largest absolute Gasteiger partial charge is 0.331 e. The van der Waals surface area contributed by atoms with Gasteiger partial charge in [0.05, 0.1) is 0 Å². The highest BCUT2D eigenvalue weighted by atomic mass is 19.1. The molecule has 0 atom stereocenters. The summed E-state index contributed by atoms with van der Waals surface area (Å²) in [6, 6.07) is 14.0. The quantitative estimate of drug-likeness (QED) is 0.800. The first-order valence-corrected chi connectivity index (χ1v) is 6.55. The van der Waals surface area contributed by atoms with Crippen LogP contribution in [0.2, 0.25) is 0 Å². The van der Waals surface area contributed by atoms with E-state index in [-0.39, 0.29) is 17.6 Å². The Labute approximate surface area is 118 Å². The number of hydrogen-bond acceptors (Lipinski definition) is 2. The molecule has 20 heavy (non-hydrogen) atoms. The molecule has 2 aromatic rings. The topological polar surface area (TPSA) is 33.2 Å². The van der Waals surface area contributed by atoms with Crippen molar-refractivity contribution >= 4 is 5.91 Å². The fourth-order valence-corrected chi connectivity index (χ4v) is 1.94. The predicted octanol–water partition coefficient (Wildman–Crippen LogP) is 3.27. The molecule has 3 nitrogen and oxygen atoms in total. The van der Waals surface area contributed by atoms with Crippen LogP contribution in [-0.2, 0) is 6.54 Å². The minimum absolute atomic E-state index is 0.00720. The summed E-state index contributed by atoms with van der Waals surface area (Å²) in [5.41, 5.74) is 1.17. The van der Waals surface area contributed by atoms with Crippen LogP contribution in [0, 0.1) is 5.95 Å². The number of rotatable bonds is 4. The number of carbonyl (C=O) groups is 1. The number of amides is 1. The molecule has 0 aliphatic carbocycles. The van der Waals surface area contributed by atoms with Crippen LogP contribution in [0.15, 0.2) is 48.5 Å². The van der Waals surface area contributed by atoms with Crippen molar-refractivity contribution in [3.05, 3.63) is 65.7 Å². The predicted molar refractivity (Wildman–Crippen MR) is 75.6 cm³/mol. The van der Waals surface area contributed by atoms with Crippen molar-refractivity contribution in [2.45, 2.75) is 26.4 Å². The van der Waals surface area contributed by atoms with Crippen LogP contribution < -0.4 is 0 Å². The van der Waals surface area contributed by atoms with Gasteiger partial charge in [0.15, 0.2) is 0 Å². The lowest BCUT2D eigenvalue weighted by atomic mass is 10.1. The van der Waals surface area contributed by atoms with Gasteiger partial charge in [0.1, 0.15) is 5.69 Å².